The molecule has 2 aromatic rings. The second kappa shape index (κ2) is 11.7. The summed E-state index contributed by atoms with van der Waals surface area (Å²) in [5.74, 6) is 1.39. The van der Waals surface area contributed by atoms with Crippen molar-refractivity contribution in [3.8, 4) is 17.2 Å². The van der Waals surface area contributed by atoms with Crippen molar-refractivity contribution >= 4 is 44.7 Å². The van der Waals surface area contributed by atoms with Crippen molar-refractivity contribution in [1.82, 2.24) is 4.90 Å². The summed E-state index contributed by atoms with van der Waals surface area (Å²) in [5.41, 5.74) is 1.49. The zero-order valence-electron chi connectivity index (χ0n) is 19.2. The van der Waals surface area contributed by atoms with Gasteiger partial charge in [-0.3, -0.25) is 4.79 Å². The average molecular weight is 537 g/mol. The van der Waals surface area contributed by atoms with Gasteiger partial charge in [0.2, 0.25) is 0 Å². The van der Waals surface area contributed by atoms with E-state index in [0.29, 0.717) is 28.3 Å². The van der Waals surface area contributed by atoms with Gasteiger partial charge in [0.25, 0.3) is 5.91 Å². The molecule has 1 amide bonds. The molecule has 0 unspecified atom stereocenters. The molecule has 0 saturated carbocycles. The van der Waals surface area contributed by atoms with E-state index in [2.05, 4.69) is 26.1 Å². The van der Waals surface area contributed by atoms with E-state index in [1.54, 1.807) is 31.4 Å². The monoisotopic (exact) mass is 536 g/mol. The van der Waals surface area contributed by atoms with E-state index in [4.69, 9.17) is 31.2 Å². The summed E-state index contributed by atoms with van der Waals surface area (Å²) in [4.78, 5) is 15.2. The van der Waals surface area contributed by atoms with Crippen molar-refractivity contribution in [2.24, 2.45) is 0 Å². The summed E-state index contributed by atoms with van der Waals surface area (Å²) in [6, 6.07) is 10.9. The Balaban J connectivity index is 1.65. The highest BCUT2D eigenvalue weighted by molar-refractivity contribution is 9.10. The molecule has 1 aliphatic heterocycles. The molecule has 1 heterocycles. The third kappa shape index (κ3) is 6.82. The Hall–Kier alpha value is -2.36. The lowest BCUT2D eigenvalue weighted by Gasteiger charge is -2.37. The number of carbonyl (C=O) groups excluding carboxylic acids is 1. The number of hydrogen-bond acceptors (Lipinski definition) is 6. The smallest absolute Gasteiger partial charge is 0.262 e. The fourth-order valence-electron chi connectivity index (χ4n) is 3.65. The van der Waals surface area contributed by atoms with Crippen LogP contribution in [0.1, 0.15) is 26.3 Å². The highest BCUT2D eigenvalue weighted by atomic mass is 79.9. The topological polar surface area (TPSA) is 69.3 Å². The minimum absolute atomic E-state index is 0.105. The maximum absolute atomic E-state index is 12.4. The number of amides is 1. The molecular weight excluding hydrogens is 508 g/mol. The lowest BCUT2D eigenvalue weighted by molar-refractivity contribution is -0.118. The Morgan fingerprint density at radius 3 is 2.45 bits per heavy atom. The zero-order valence-corrected chi connectivity index (χ0v) is 21.6. The van der Waals surface area contributed by atoms with E-state index >= 15 is 0 Å². The van der Waals surface area contributed by atoms with Crippen LogP contribution >= 0.6 is 28.1 Å². The molecule has 7 nitrogen and oxygen atoms in total. The van der Waals surface area contributed by atoms with Crippen LogP contribution in [0, 0.1) is 0 Å². The number of nitrogens with one attached hydrogen (secondary N) is 1. The van der Waals surface area contributed by atoms with E-state index in [-0.39, 0.29) is 24.7 Å². The maximum Gasteiger partial charge on any atom is 0.262 e. The number of ether oxygens (including phenoxy) is 4. The molecule has 1 saturated heterocycles. The van der Waals surface area contributed by atoms with Crippen molar-refractivity contribution in [3.63, 3.8) is 0 Å². The van der Waals surface area contributed by atoms with Crippen molar-refractivity contribution in [2.75, 3.05) is 38.7 Å². The van der Waals surface area contributed by atoms with E-state index in [1.807, 2.05) is 32.9 Å². The van der Waals surface area contributed by atoms with Gasteiger partial charge < -0.3 is 29.2 Å². The Kier molecular flexibility index (Phi) is 8.94. The Morgan fingerprint density at radius 1 is 1.18 bits per heavy atom. The molecule has 9 heteroatoms. The van der Waals surface area contributed by atoms with Crippen LogP contribution in [0.5, 0.6) is 17.2 Å². The predicted octanol–water partition coefficient (Wildman–Crippen LogP) is 4.66. The number of benzene rings is 2. The number of rotatable bonds is 8. The number of carbonyl (C=O) groups is 1. The van der Waals surface area contributed by atoms with Crippen LogP contribution in [0.15, 0.2) is 40.9 Å². The lowest BCUT2D eigenvalue weighted by Crippen LogP contribution is -2.47. The number of halogens is 1. The standard InChI is InChI=1S/C24H29BrN2O5S/c1-5-30-19-8-6-18(7-9-19)26-22(28)14-31-23-20(25)10-17(11-21(23)29-4)24(33)27-12-15(2)32-16(3)13-27/h6-11,15-16H,5,12-14H2,1-4H3,(H,26,28)/t15-,16+. The maximum atomic E-state index is 12.4. The second-order valence-electron chi connectivity index (χ2n) is 7.75. The van der Waals surface area contributed by atoms with Crippen LogP contribution in [0.25, 0.3) is 0 Å². The number of methoxy groups -OCH3 is 1. The van der Waals surface area contributed by atoms with E-state index < -0.39 is 0 Å². The summed E-state index contributed by atoms with van der Waals surface area (Å²) in [6.45, 7) is 7.87. The zero-order chi connectivity index (χ0) is 24.0. The van der Waals surface area contributed by atoms with Crippen molar-refractivity contribution < 1.29 is 23.7 Å². The predicted molar refractivity (Wildman–Crippen MR) is 136 cm³/mol. The fraction of sp³-hybridized carbons (Fsp3) is 0.417. The highest BCUT2D eigenvalue weighted by Crippen LogP contribution is 2.37. The molecule has 1 N–H and O–H groups in total. The fourth-order valence-corrected chi connectivity index (χ4v) is 4.47. The summed E-state index contributed by atoms with van der Waals surface area (Å²) in [5, 5.41) is 2.80. The highest BCUT2D eigenvalue weighted by Gasteiger charge is 2.25. The van der Waals surface area contributed by atoms with Gasteiger partial charge in [-0.1, -0.05) is 12.2 Å². The SMILES string of the molecule is CCOc1ccc(NC(=O)COc2c(Br)cc(C(=S)N3C[C@@H](C)O[C@@H](C)C3)cc2OC)cc1. The number of hydrogen-bond donors (Lipinski definition) is 1. The van der Waals surface area contributed by atoms with E-state index in [9.17, 15) is 4.79 Å². The number of morpholine rings is 1. The van der Waals surface area contributed by atoms with Crippen molar-refractivity contribution in [2.45, 2.75) is 33.0 Å². The normalized spacial score (nSPS) is 17.9. The molecule has 0 spiro atoms. The number of anilines is 1. The molecular formula is C24H29BrN2O5S. The van der Waals surface area contributed by atoms with Gasteiger partial charge in [-0.25, -0.2) is 0 Å². The molecule has 2 aromatic carbocycles. The Labute approximate surface area is 208 Å². The molecule has 0 aliphatic carbocycles. The van der Waals surface area contributed by atoms with Crippen molar-refractivity contribution in [1.29, 1.82) is 0 Å². The summed E-state index contributed by atoms with van der Waals surface area (Å²) in [7, 11) is 1.56. The first-order chi connectivity index (χ1) is 15.8. The van der Waals surface area contributed by atoms with Gasteiger partial charge in [0.1, 0.15) is 10.7 Å². The lowest BCUT2D eigenvalue weighted by atomic mass is 10.1. The molecule has 0 radical (unpaired) electrons. The molecule has 0 bridgehead atoms. The number of nitrogens with zero attached hydrogens (tertiary/aromatic N) is 1. The van der Waals surface area contributed by atoms with Gasteiger partial charge in [-0.15, -0.1) is 0 Å². The third-order valence-electron chi connectivity index (χ3n) is 4.98. The first-order valence-electron chi connectivity index (χ1n) is 10.8. The van der Waals surface area contributed by atoms with Crippen LogP contribution in [-0.4, -0.2) is 61.4 Å². The largest absolute Gasteiger partial charge is 0.494 e. The molecule has 3 rings (SSSR count). The van der Waals surface area contributed by atoms with Crippen LogP contribution < -0.4 is 19.5 Å². The first kappa shape index (κ1) is 25.3. The Morgan fingerprint density at radius 2 is 1.85 bits per heavy atom. The number of thiocarbonyl (C=S) groups is 1. The summed E-state index contributed by atoms with van der Waals surface area (Å²) >= 11 is 9.28. The van der Waals surface area contributed by atoms with Gasteiger partial charge in [0.15, 0.2) is 18.1 Å². The minimum atomic E-state index is -0.288. The first-order valence-corrected chi connectivity index (χ1v) is 12.0. The quantitative estimate of drug-likeness (QED) is 0.492. The molecule has 33 heavy (non-hydrogen) atoms. The van der Waals surface area contributed by atoms with Crippen molar-refractivity contribution in [3.05, 3.63) is 46.4 Å². The molecule has 1 aliphatic rings. The van der Waals surface area contributed by atoms with Crippen LogP contribution in [-0.2, 0) is 9.53 Å². The van der Waals surface area contributed by atoms with E-state index in [0.717, 1.165) is 29.4 Å². The summed E-state index contributed by atoms with van der Waals surface area (Å²) in [6.07, 6.45) is 0.210. The van der Waals surface area contributed by atoms with Gasteiger partial charge in [0, 0.05) is 24.3 Å². The van der Waals surface area contributed by atoms with Crippen LogP contribution in [0.2, 0.25) is 0 Å². The second-order valence-corrected chi connectivity index (χ2v) is 8.99. The van der Waals surface area contributed by atoms with Crippen LogP contribution in [0.3, 0.4) is 0 Å². The van der Waals surface area contributed by atoms with Gasteiger partial charge >= 0.3 is 0 Å². The Bertz CT molecular complexity index is 976. The van der Waals surface area contributed by atoms with Crippen LogP contribution in [0.4, 0.5) is 5.69 Å². The molecule has 2 atom stereocenters. The third-order valence-corrected chi connectivity index (χ3v) is 6.06. The van der Waals surface area contributed by atoms with Gasteiger partial charge in [0.05, 0.1) is 30.4 Å². The van der Waals surface area contributed by atoms with E-state index in [1.165, 1.54) is 0 Å². The average Bonchev–Trinajstić information content (AvgIpc) is 2.78. The molecule has 178 valence electrons. The summed E-state index contributed by atoms with van der Waals surface area (Å²) < 4.78 is 23.2. The minimum Gasteiger partial charge on any atom is -0.494 e. The van der Waals surface area contributed by atoms with Gasteiger partial charge in [-0.05, 0) is 73.1 Å². The molecule has 1 fully saturated rings. The van der Waals surface area contributed by atoms with Gasteiger partial charge in [-0.2, -0.15) is 0 Å². The molecule has 0 aromatic heterocycles.